The molecule has 1 aromatic rings. The minimum absolute atomic E-state index is 0.00690. The van der Waals surface area contributed by atoms with Crippen molar-refractivity contribution in [3.05, 3.63) is 35.1 Å². The van der Waals surface area contributed by atoms with E-state index in [0.717, 1.165) is 18.4 Å². The smallest absolute Gasteiger partial charge is 0.126 e. The zero-order valence-electron chi connectivity index (χ0n) is 12.8. The van der Waals surface area contributed by atoms with Gasteiger partial charge in [0, 0.05) is 6.04 Å². The van der Waals surface area contributed by atoms with Crippen molar-refractivity contribution in [3.63, 3.8) is 0 Å². The molecule has 0 aliphatic rings. The molecule has 0 bridgehead atoms. The maximum absolute atomic E-state index is 13.6. The van der Waals surface area contributed by atoms with Crippen LogP contribution in [0.3, 0.4) is 0 Å². The van der Waals surface area contributed by atoms with Crippen LogP contribution in [0.15, 0.2) is 18.2 Å². The van der Waals surface area contributed by atoms with Crippen LogP contribution in [0.4, 0.5) is 4.39 Å². The molecule has 0 heterocycles. The third-order valence-electron chi connectivity index (χ3n) is 3.40. The molecule has 19 heavy (non-hydrogen) atoms. The van der Waals surface area contributed by atoms with E-state index in [1.807, 2.05) is 12.1 Å². The summed E-state index contributed by atoms with van der Waals surface area (Å²) in [5.41, 5.74) is 4.71. The van der Waals surface area contributed by atoms with Gasteiger partial charge in [-0.1, -0.05) is 39.8 Å². The monoisotopic (exact) mass is 266 g/mol. The summed E-state index contributed by atoms with van der Waals surface area (Å²) in [7, 11) is 0. The maximum Gasteiger partial charge on any atom is 0.126 e. The summed E-state index contributed by atoms with van der Waals surface area (Å²) >= 11 is 0. The number of aryl methyl sites for hydroxylation is 1. The zero-order chi connectivity index (χ0) is 14.6. The number of rotatable bonds is 5. The van der Waals surface area contributed by atoms with Crippen molar-refractivity contribution in [2.24, 2.45) is 17.2 Å². The second-order valence-electron chi connectivity index (χ2n) is 6.83. The molecule has 0 saturated carbocycles. The molecule has 0 amide bonds. The highest BCUT2D eigenvalue weighted by Gasteiger charge is 2.20. The lowest BCUT2D eigenvalue weighted by atomic mass is 9.82. The Bertz CT molecular complexity index is 410. The molecule has 108 valence electrons. The topological polar surface area (TPSA) is 38.0 Å². The zero-order valence-corrected chi connectivity index (χ0v) is 12.8. The number of hydrazine groups is 1. The van der Waals surface area contributed by atoms with E-state index in [-0.39, 0.29) is 11.9 Å². The Morgan fingerprint density at radius 1 is 1.32 bits per heavy atom. The van der Waals surface area contributed by atoms with Crippen LogP contribution in [0.25, 0.3) is 0 Å². The van der Waals surface area contributed by atoms with Gasteiger partial charge in [-0.25, -0.2) is 4.39 Å². The molecule has 2 atom stereocenters. The molecule has 0 spiro atoms. The summed E-state index contributed by atoms with van der Waals surface area (Å²) in [5.74, 6) is 6.00. The fraction of sp³-hybridized carbons (Fsp3) is 0.625. The average molecular weight is 266 g/mol. The summed E-state index contributed by atoms with van der Waals surface area (Å²) in [4.78, 5) is 0. The number of nitrogens with one attached hydrogen (secondary N) is 1. The van der Waals surface area contributed by atoms with E-state index in [4.69, 9.17) is 5.84 Å². The third kappa shape index (κ3) is 5.29. The fourth-order valence-corrected chi connectivity index (χ4v) is 2.66. The Morgan fingerprint density at radius 3 is 2.42 bits per heavy atom. The minimum atomic E-state index is -0.166. The molecule has 1 aromatic carbocycles. The molecule has 1 rings (SSSR count). The van der Waals surface area contributed by atoms with E-state index in [0.29, 0.717) is 16.9 Å². The SMILES string of the molecule is Cc1ccc(C(CC(C)CC(C)(C)C)NN)cc1F. The van der Waals surface area contributed by atoms with Gasteiger partial charge in [0.05, 0.1) is 0 Å². The number of halogens is 1. The Balaban J connectivity index is 2.75. The normalized spacial score (nSPS) is 15.3. The molecule has 0 aliphatic carbocycles. The van der Waals surface area contributed by atoms with E-state index in [9.17, 15) is 4.39 Å². The molecule has 0 radical (unpaired) electrons. The molecular weight excluding hydrogens is 239 g/mol. The molecule has 3 heteroatoms. The van der Waals surface area contributed by atoms with Crippen LogP contribution in [0.5, 0.6) is 0 Å². The molecular formula is C16H27FN2. The van der Waals surface area contributed by atoms with Crippen molar-refractivity contribution in [2.45, 2.75) is 53.5 Å². The van der Waals surface area contributed by atoms with E-state index in [1.165, 1.54) is 0 Å². The lowest BCUT2D eigenvalue weighted by molar-refractivity contribution is 0.276. The van der Waals surface area contributed by atoms with Gasteiger partial charge in [-0.05, 0) is 48.3 Å². The van der Waals surface area contributed by atoms with Crippen LogP contribution in [0, 0.1) is 24.1 Å². The lowest BCUT2D eigenvalue weighted by Gasteiger charge is -2.26. The first kappa shape index (κ1) is 16.1. The van der Waals surface area contributed by atoms with Gasteiger partial charge in [0.1, 0.15) is 5.82 Å². The van der Waals surface area contributed by atoms with E-state index < -0.39 is 0 Å². The highest BCUT2D eigenvalue weighted by Crippen LogP contribution is 2.30. The van der Waals surface area contributed by atoms with E-state index in [1.54, 1.807) is 13.0 Å². The van der Waals surface area contributed by atoms with Crippen LogP contribution in [0.2, 0.25) is 0 Å². The van der Waals surface area contributed by atoms with Gasteiger partial charge in [0.15, 0.2) is 0 Å². The van der Waals surface area contributed by atoms with Gasteiger partial charge in [-0.3, -0.25) is 11.3 Å². The minimum Gasteiger partial charge on any atom is -0.271 e. The summed E-state index contributed by atoms with van der Waals surface area (Å²) in [5, 5.41) is 0. The summed E-state index contributed by atoms with van der Waals surface area (Å²) in [6.45, 7) is 10.7. The third-order valence-corrected chi connectivity index (χ3v) is 3.40. The summed E-state index contributed by atoms with van der Waals surface area (Å²) < 4.78 is 13.6. The number of hydrogen-bond acceptors (Lipinski definition) is 2. The standard InChI is InChI=1S/C16H27FN2/c1-11(10-16(3,4)5)8-15(19-18)13-7-6-12(2)14(17)9-13/h6-7,9,11,15,19H,8,10,18H2,1-5H3. The first-order chi connectivity index (χ1) is 8.73. The van der Waals surface area contributed by atoms with Gasteiger partial charge in [0.25, 0.3) is 0 Å². The number of hydrogen-bond donors (Lipinski definition) is 2. The largest absolute Gasteiger partial charge is 0.271 e. The predicted molar refractivity (Wildman–Crippen MR) is 79.1 cm³/mol. The van der Waals surface area contributed by atoms with Gasteiger partial charge in [-0.2, -0.15) is 0 Å². The molecule has 2 unspecified atom stereocenters. The van der Waals surface area contributed by atoms with Crippen LogP contribution in [0.1, 0.15) is 57.7 Å². The highest BCUT2D eigenvalue weighted by molar-refractivity contribution is 5.25. The maximum atomic E-state index is 13.6. The Kier molecular flexibility index (Phi) is 5.50. The average Bonchev–Trinajstić information content (AvgIpc) is 2.27. The van der Waals surface area contributed by atoms with Crippen molar-refractivity contribution in [3.8, 4) is 0 Å². The molecule has 0 fully saturated rings. The van der Waals surface area contributed by atoms with Crippen molar-refractivity contribution >= 4 is 0 Å². The van der Waals surface area contributed by atoms with Gasteiger partial charge in [-0.15, -0.1) is 0 Å². The number of benzene rings is 1. The van der Waals surface area contributed by atoms with Crippen LogP contribution in [-0.2, 0) is 0 Å². The van der Waals surface area contributed by atoms with E-state index in [2.05, 4.69) is 33.1 Å². The quantitative estimate of drug-likeness (QED) is 0.622. The molecule has 0 saturated heterocycles. The van der Waals surface area contributed by atoms with Crippen LogP contribution in [-0.4, -0.2) is 0 Å². The molecule has 2 nitrogen and oxygen atoms in total. The second-order valence-corrected chi connectivity index (χ2v) is 6.83. The first-order valence-electron chi connectivity index (χ1n) is 6.95. The lowest BCUT2D eigenvalue weighted by Crippen LogP contribution is -2.30. The summed E-state index contributed by atoms with van der Waals surface area (Å²) in [6.07, 6.45) is 2.04. The fourth-order valence-electron chi connectivity index (χ4n) is 2.66. The van der Waals surface area contributed by atoms with Crippen molar-refractivity contribution in [1.29, 1.82) is 0 Å². The van der Waals surface area contributed by atoms with Gasteiger partial charge >= 0.3 is 0 Å². The van der Waals surface area contributed by atoms with Crippen molar-refractivity contribution < 1.29 is 4.39 Å². The van der Waals surface area contributed by atoms with Crippen LogP contribution >= 0.6 is 0 Å². The van der Waals surface area contributed by atoms with Crippen molar-refractivity contribution in [2.75, 3.05) is 0 Å². The van der Waals surface area contributed by atoms with Gasteiger partial charge < -0.3 is 0 Å². The Morgan fingerprint density at radius 2 is 1.95 bits per heavy atom. The Hall–Kier alpha value is -0.930. The van der Waals surface area contributed by atoms with Gasteiger partial charge in [0.2, 0.25) is 0 Å². The van der Waals surface area contributed by atoms with Crippen molar-refractivity contribution in [1.82, 2.24) is 5.43 Å². The summed E-state index contributed by atoms with van der Waals surface area (Å²) in [6, 6.07) is 5.35. The second kappa shape index (κ2) is 6.49. The van der Waals surface area contributed by atoms with Crippen LogP contribution < -0.4 is 11.3 Å². The Labute approximate surface area is 116 Å². The van der Waals surface area contributed by atoms with E-state index >= 15 is 0 Å². The molecule has 0 aliphatic heterocycles. The highest BCUT2D eigenvalue weighted by atomic mass is 19.1. The number of nitrogens with two attached hydrogens (primary N) is 1. The first-order valence-corrected chi connectivity index (χ1v) is 6.95. The predicted octanol–water partition coefficient (Wildman–Crippen LogP) is 4.10. The molecule has 0 aromatic heterocycles. The molecule has 3 N–H and O–H groups in total.